The Morgan fingerprint density at radius 1 is 1.30 bits per heavy atom. The molecule has 1 saturated carbocycles. The third-order valence-electron chi connectivity index (χ3n) is 5.73. The molecule has 0 aromatic heterocycles. The average molecular weight is 432 g/mol. The van der Waals surface area contributed by atoms with Crippen molar-refractivity contribution >= 4 is 38.9 Å². The van der Waals surface area contributed by atoms with Crippen LogP contribution >= 0.6 is 23.2 Å². The van der Waals surface area contributed by atoms with E-state index in [0.717, 1.165) is 24.7 Å². The van der Waals surface area contributed by atoms with E-state index >= 15 is 0 Å². The Bertz CT molecular complexity index is 832. The van der Waals surface area contributed by atoms with Gasteiger partial charge in [0.2, 0.25) is 0 Å². The Kier molecular flexibility index (Phi) is 6.08. The number of likely N-dealkylation sites (tertiary alicyclic amines) is 1. The molecule has 1 heterocycles. The van der Waals surface area contributed by atoms with Gasteiger partial charge in [-0.05, 0) is 55.7 Å². The van der Waals surface area contributed by atoms with Gasteiger partial charge in [0.15, 0.2) is 16.4 Å². The van der Waals surface area contributed by atoms with Gasteiger partial charge in [-0.15, -0.1) is 0 Å². The van der Waals surface area contributed by atoms with E-state index in [9.17, 15) is 13.2 Å². The van der Waals surface area contributed by atoms with Gasteiger partial charge in [-0.25, -0.2) is 8.42 Å². The molecule has 0 atom stereocenters. The highest BCUT2D eigenvalue weighted by molar-refractivity contribution is 7.94. The van der Waals surface area contributed by atoms with Gasteiger partial charge in [-0.1, -0.05) is 29.8 Å². The quantitative estimate of drug-likeness (QED) is 0.703. The lowest BCUT2D eigenvalue weighted by Crippen LogP contribution is -2.38. The van der Waals surface area contributed by atoms with Crippen molar-refractivity contribution in [3.05, 3.63) is 40.2 Å². The Morgan fingerprint density at radius 2 is 2.00 bits per heavy atom. The van der Waals surface area contributed by atoms with Crippen LogP contribution in [0.2, 0.25) is 10.0 Å². The summed E-state index contributed by atoms with van der Waals surface area (Å²) in [6, 6.07) is 4.88. The van der Waals surface area contributed by atoms with E-state index in [1.807, 2.05) is 4.90 Å². The van der Waals surface area contributed by atoms with Gasteiger partial charge in [-0.2, -0.15) is 0 Å². The minimum Gasteiger partial charge on any atom is -0.482 e. The molecule has 1 aliphatic carbocycles. The number of sulfone groups is 1. The molecular weight excluding hydrogens is 409 g/mol. The van der Waals surface area contributed by atoms with E-state index < -0.39 is 9.84 Å². The summed E-state index contributed by atoms with van der Waals surface area (Å²) in [5, 5.41) is 1.62. The summed E-state index contributed by atoms with van der Waals surface area (Å²) < 4.78 is 29.5. The van der Waals surface area contributed by atoms with Gasteiger partial charge in [0.1, 0.15) is 5.75 Å². The second-order valence-corrected chi connectivity index (χ2v) is 10.4. The first-order chi connectivity index (χ1) is 12.7. The molecule has 1 spiro atoms. The summed E-state index contributed by atoms with van der Waals surface area (Å²) in [6.45, 7) is 4.67. The van der Waals surface area contributed by atoms with Crippen LogP contribution in [0, 0.1) is 5.41 Å². The summed E-state index contributed by atoms with van der Waals surface area (Å²) in [7, 11) is -3.20. The number of benzene rings is 1. The van der Waals surface area contributed by atoms with Crippen LogP contribution in [0.5, 0.6) is 5.75 Å². The van der Waals surface area contributed by atoms with E-state index in [4.69, 9.17) is 27.9 Å². The lowest BCUT2D eigenvalue weighted by molar-refractivity contribution is -0.132. The van der Waals surface area contributed by atoms with E-state index in [-0.39, 0.29) is 23.2 Å². The molecule has 1 aromatic carbocycles. The second-order valence-electron chi connectivity index (χ2n) is 7.38. The molecule has 2 fully saturated rings. The molecule has 1 saturated heterocycles. The Labute approximate surface area is 170 Å². The molecule has 2 aliphatic rings. The summed E-state index contributed by atoms with van der Waals surface area (Å²) in [5.74, 6) is 0.345. The number of hydrogen-bond acceptors (Lipinski definition) is 4. The zero-order valence-corrected chi connectivity index (χ0v) is 17.3. The molecule has 3 rings (SSSR count). The van der Waals surface area contributed by atoms with Crippen LogP contribution in [-0.4, -0.2) is 44.2 Å². The van der Waals surface area contributed by atoms with Crippen molar-refractivity contribution in [3.8, 4) is 5.75 Å². The van der Waals surface area contributed by atoms with E-state index in [1.54, 1.807) is 18.2 Å². The van der Waals surface area contributed by atoms with Crippen LogP contribution in [0.25, 0.3) is 0 Å². The molecule has 0 bridgehead atoms. The molecule has 8 heteroatoms. The maximum atomic E-state index is 12.5. The fourth-order valence-corrected chi connectivity index (χ4v) is 5.68. The van der Waals surface area contributed by atoms with Crippen LogP contribution in [0.15, 0.2) is 30.2 Å². The lowest BCUT2D eigenvalue weighted by atomic mass is 9.73. The number of ether oxygens (including phenoxy) is 1. The number of carbonyl (C=O) groups excluding carboxylic acids is 1. The molecule has 5 nitrogen and oxygen atoms in total. The molecule has 0 N–H and O–H groups in total. The first-order valence-corrected chi connectivity index (χ1v) is 11.3. The SMILES string of the molecule is C=CS(=O)(=O)C1CCC2(CC1)CCN(C(=O)COc1ccc(Cl)cc1Cl)C2. The van der Waals surface area contributed by atoms with Crippen molar-refractivity contribution in [2.24, 2.45) is 5.41 Å². The highest BCUT2D eigenvalue weighted by Crippen LogP contribution is 2.45. The van der Waals surface area contributed by atoms with E-state index in [1.165, 1.54) is 0 Å². The number of carbonyl (C=O) groups is 1. The standard InChI is InChI=1S/C19H23Cl2NO4S/c1-2-27(24,25)15-5-7-19(8-6-15)9-10-22(13-19)18(23)12-26-17-4-3-14(20)11-16(17)21/h2-4,11,15H,1,5-10,12-13H2. The number of rotatable bonds is 5. The van der Waals surface area contributed by atoms with Crippen molar-refractivity contribution in [2.45, 2.75) is 37.4 Å². The molecule has 1 aliphatic heterocycles. The number of amides is 1. The zero-order valence-electron chi connectivity index (χ0n) is 15.0. The minimum absolute atomic E-state index is 0.0285. The van der Waals surface area contributed by atoms with Crippen LogP contribution in [0.1, 0.15) is 32.1 Å². The van der Waals surface area contributed by atoms with Gasteiger partial charge in [-0.3, -0.25) is 4.79 Å². The largest absolute Gasteiger partial charge is 0.482 e. The van der Waals surface area contributed by atoms with E-state index in [2.05, 4.69) is 6.58 Å². The summed E-state index contributed by atoms with van der Waals surface area (Å²) in [4.78, 5) is 14.3. The van der Waals surface area contributed by atoms with E-state index in [0.29, 0.717) is 41.7 Å². The number of hydrogen-bond donors (Lipinski definition) is 0. The second kappa shape index (κ2) is 8.02. The first-order valence-electron chi connectivity index (χ1n) is 8.97. The third kappa shape index (κ3) is 4.61. The number of nitrogens with zero attached hydrogens (tertiary/aromatic N) is 1. The molecule has 1 amide bonds. The van der Waals surface area contributed by atoms with Crippen LogP contribution in [0.4, 0.5) is 0 Å². The van der Waals surface area contributed by atoms with Crippen LogP contribution in [0.3, 0.4) is 0 Å². The fraction of sp³-hybridized carbons (Fsp3) is 0.526. The molecule has 148 valence electrons. The van der Waals surface area contributed by atoms with Crippen molar-refractivity contribution in [2.75, 3.05) is 19.7 Å². The van der Waals surface area contributed by atoms with Crippen molar-refractivity contribution in [1.82, 2.24) is 4.90 Å². The predicted octanol–water partition coefficient (Wildman–Crippen LogP) is 4.09. The topological polar surface area (TPSA) is 63.7 Å². The van der Waals surface area contributed by atoms with Crippen molar-refractivity contribution < 1.29 is 17.9 Å². The summed E-state index contributed by atoms with van der Waals surface area (Å²) in [5.41, 5.74) is 0.0285. The van der Waals surface area contributed by atoms with Gasteiger partial charge < -0.3 is 9.64 Å². The lowest BCUT2D eigenvalue weighted by Gasteiger charge is -2.36. The Hall–Kier alpha value is -1.24. The normalized spacial score (nSPS) is 25.6. The molecule has 0 unspecified atom stereocenters. The van der Waals surface area contributed by atoms with Crippen molar-refractivity contribution in [3.63, 3.8) is 0 Å². The minimum atomic E-state index is -3.20. The average Bonchev–Trinajstić information content (AvgIpc) is 3.05. The smallest absolute Gasteiger partial charge is 0.260 e. The summed E-state index contributed by atoms with van der Waals surface area (Å²) >= 11 is 11.9. The zero-order chi connectivity index (χ0) is 19.7. The van der Waals surface area contributed by atoms with Crippen LogP contribution in [-0.2, 0) is 14.6 Å². The number of halogens is 2. The third-order valence-corrected chi connectivity index (χ3v) is 8.12. The van der Waals surface area contributed by atoms with Gasteiger partial charge in [0.05, 0.1) is 10.3 Å². The summed E-state index contributed by atoms with van der Waals surface area (Å²) in [6.07, 6.45) is 3.80. The molecular formula is C19H23Cl2NO4S. The van der Waals surface area contributed by atoms with Gasteiger partial charge >= 0.3 is 0 Å². The maximum Gasteiger partial charge on any atom is 0.260 e. The highest BCUT2D eigenvalue weighted by atomic mass is 35.5. The van der Waals surface area contributed by atoms with Crippen molar-refractivity contribution in [1.29, 1.82) is 0 Å². The predicted molar refractivity (Wildman–Crippen MR) is 107 cm³/mol. The first kappa shape index (κ1) is 20.5. The molecule has 1 aromatic rings. The molecule has 27 heavy (non-hydrogen) atoms. The fourth-order valence-electron chi connectivity index (χ4n) is 4.05. The molecule has 0 radical (unpaired) electrons. The Balaban J connectivity index is 1.53. The Morgan fingerprint density at radius 3 is 2.63 bits per heavy atom. The van der Waals surface area contributed by atoms with Gasteiger partial charge in [0.25, 0.3) is 5.91 Å². The monoisotopic (exact) mass is 431 g/mol. The van der Waals surface area contributed by atoms with Crippen LogP contribution < -0.4 is 4.74 Å². The maximum absolute atomic E-state index is 12.5. The van der Waals surface area contributed by atoms with Gasteiger partial charge in [0, 0.05) is 23.5 Å². The highest BCUT2D eigenvalue weighted by Gasteiger charge is 2.44.